The third-order valence-electron chi connectivity index (χ3n) is 9.53. The first kappa shape index (κ1) is 28.1. The van der Waals surface area contributed by atoms with Crippen molar-refractivity contribution in [2.75, 3.05) is 63.9 Å². The van der Waals surface area contributed by atoms with E-state index in [-0.39, 0.29) is 11.4 Å². The van der Waals surface area contributed by atoms with Gasteiger partial charge in [-0.3, -0.25) is 14.8 Å². The number of hydrogen-bond acceptors (Lipinski definition) is 8. The molecule has 0 radical (unpaired) electrons. The summed E-state index contributed by atoms with van der Waals surface area (Å²) in [6.07, 6.45) is 10.6. The minimum Gasteiger partial charge on any atom is -0.492 e. The zero-order chi connectivity index (χ0) is 29.4. The van der Waals surface area contributed by atoms with Crippen LogP contribution in [0.15, 0.2) is 36.8 Å². The highest BCUT2D eigenvalue weighted by atomic mass is 16.5. The van der Waals surface area contributed by atoms with E-state index >= 15 is 0 Å². The van der Waals surface area contributed by atoms with Crippen LogP contribution in [0.25, 0.3) is 27.7 Å². The quantitative estimate of drug-likeness (QED) is 0.291. The molecule has 0 spiro atoms. The molecule has 1 aliphatic carbocycles. The highest BCUT2D eigenvalue weighted by Crippen LogP contribution is 2.35. The molecule has 11 heteroatoms. The van der Waals surface area contributed by atoms with Gasteiger partial charge in [-0.1, -0.05) is 6.92 Å². The van der Waals surface area contributed by atoms with Crippen molar-refractivity contribution >= 4 is 28.3 Å². The number of amides is 1. The van der Waals surface area contributed by atoms with Crippen LogP contribution in [0.4, 0.5) is 5.82 Å². The van der Waals surface area contributed by atoms with Gasteiger partial charge in [-0.25, -0.2) is 9.50 Å². The lowest BCUT2D eigenvalue weighted by Gasteiger charge is -2.46. The van der Waals surface area contributed by atoms with Gasteiger partial charge in [-0.05, 0) is 63.3 Å². The number of likely N-dealkylation sites (N-methyl/N-ethyl adjacent to an activating group) is 1. The van der Waals surface area contributed by atoms with Crippen LogP contribution in [-0.4, -0.2) is 105 Å². The predicted octanol–water partition coefficient (Wildman–Crippen LogP) is 3.56. The highest BCUT2D eigenvalue weighted by molar-refractivity contribution is 6.00. The van der Waals surface area contributed by atoms with Crippen molar-refractivity contribution in [1.29, 1.82) is 0 Å². The first-order chi connectivity index (χ1) is 21.0. The second-order valence-corrected chi connectivity index (χ2v) is 12.5. The van der Waals surface area contributed by atoms with Crippen LogP contribution < -0.4 is 15.0 Å². The van der Waals surface area contributed by atoms with Gasteiger partial charge in [-0.15, -0.1) is 5.10 Å². The number of hydrogen-bond donors (Lipinski definition) is 2. The number of fused-ring (bicyclic) bond motifs is 3. The van der Waals surface area contributed by atoms with E-state index in [0.717, 1.165) is 104 Å². The maximum atomic E-state index is 13.0. The summed E-state index contributed by atoms with van der Waals surface area (Å²) in [5.74, 6) is 2.56. The molecule has 1 saturated carbocycles. The molecule has 0 aromatic carbocycles. The second-order valence-electron chi connectivity index (χ2n) is 12.5. The number of aromatic nitrogens is 5. The first-order valence-corrected chi connectivity index (χ1v) is 16.0. The molecule has 2 saturated heterocycles. The summed E-state index contributed by atoms with van der Waals surface area (Å²) in [5, 5.41) is 16.3. The van der Waals surface area contributed by atoms with Gasteiger partial charge in [0.15, 0.2) is 5.65 Å². The molecule has 4 aromatic heterocycles. The van der Waals surface area contributed by atoms with E-state index in [1.54, 1.807) is 0 Å². The summed E-state index contributed by atoms with van der Waals surface area (Å²) in [7, 11) is 0. The van der Waals surface area contributed by atoms with E-state index < -0.39 is 0 Å². The number of pyridine rings is 2. The number of nitrogens with zero attached hydrogens (tertiary/aromatic N) is 7. The van der Waals surface area contributed by atoms with E-state index in [2.05, 4.69) is 60.4 Å². The van der Waals surface area contributed by atoms with E-state index in [0.29, 0.717) is 18.9 Å². The molecule has 7 rings (SSSR count). The molecule has 228 valence electrons. The van der Waals surface area contributed by atoms with Crippen molar-refractivity contribution in [1.82, 2.24) is 39.9 Å². The number of piperidine rings is 1. The van der Waals surface area contributed by atoms with Gasteiger partial charge in [0, 0.05) is 69.6 Å². The lowest BCUT2D eigenvalue weighted by molar-refractivity contribution is -0.124. The Hall–Kier alpha value is -3.70. The largest absolute Gasteiger partial charge is 0.492 e. The monoisotopic (exact) mass is 585 g/mol. The molecule has 4 aromatic rings. The van der Waals surface area contributed by atoms with Crippen LogP contribution in [0.5, 0.6) is 5.75 Å². The fourth-order valence-electron chi connectivity index (χ4n) is 6.85. The standard InChI is InChI=1S/C32H43N9O2/c1-3-38-13-15-39(16-14-38)22-32(35-29(42)17-23-5-6-23)9-11-40(12-10-32)28-8-7-24(19-33-28)26-18-25(43-4-2)21-41-30(26)27-20-34-36-31(27)37-41/h7-8,18-21,23H,3-6,9-17,22H2,1-2H3,(H,35,42)(H,36,37). The van der Waals surface area contributed by atoms with Crippen molar-refractivity contribution in [2.45, 2.75) is 51.5 Å². The van der Waals surface area contributed by atoms with Gasteiger partial charge in [0.05, 0.1) is 35.4 Å². The number of nitrogens with one attached hydrogen (secondary N) is 2. The van der Waals surface area contributed by atoms with Gasteiger partial charge < -0.3 is 19.9 Å². The van der Waals surface area contributed by atoms with Crippen molar-refractivity contribution in [3.63, 3.8) is 0 Å². The highest BCUT2D eigenvalue weighted by Gasteiger charge is 2.39. The average Bonchev–Trinajstić information content (AvgIpc) is 3.59. The van der Waals surface area contributed by atoms with E-state index in [1.165, 1.54) is 12.8 Å². The zero-order valence-electron chi connectivity index (χ0n) is 25.4. The van der Waals surface area contributed by atoms with Gasteiger partial charge >= 0.3 is 0 Å². The Balaban J connectivity index is 1.08. The lowest BCUT2D eigenvalue weighted by atomic mass is 9.86. The summed E-state index contributed by atoms with van der Waals surface area (Å²) in [6, 6.07) is 6.31. The Bertz CT molecular complexity index is 1560. The SMILES string of the molecule is CCOc1cc(-c2ccc(N3CCC(CN4CCN(CC)CC4)(NC(=O)CC4CC4)CC3)nc2)c2c3cn[nH]c3nn2c1. The fourth-order valence-corrected chi connectivity index (χ4v) is 6.85. The van der Waals surface area contributed by atoms with E-state index in [9.17, 15) is 4.79 Å². The van der Waals surface area contributed by atoms with Crippen LogP contribution in [0.2, 0.25) is 0 Å². The van der Waals surface area contributed by atoms with Crippen molar-refractivity contribution in [2.24, 2.45) is 5.92 Å². The van der Waals surface area contributed by atoms with Gasteiger partial charge in [0.2, 0.25) is 5.91 Å². The Morgan fingerprint density at radius 3 is 2.56 bits per heavy atom. The zero-order valence-corrected chi connectivity index (χ0v) is 25.4. The number of rotatable bonds is 10. The van der Waals surface area contributed by atoms with Crippen LogP contribution in [0.1, 0.15) is 46.0 Å². The van der Waals surface area contributed by atoms with Crippen LogP contribution in [0, 0.1) is 5.92 Å². The lowest BCUT2D eigenvalue weighted by Crippen LogP contribution is -2.62. The Morgan fingerprint density at radius 2 is 1.86 bits per heavy atom. The van der Waals surface area contributed by atoms with Crippen LogP contribution >= 0.6 is 0 Å². The molecule has 0 unspecified atom stereocenters. The molecule has 43 heavy (non-hydrogen) atoms. The minimum atomic E-state index is -0.180. The van der Waals surface area contributed by atoms with Crippen molar-refractivity contribution in [3.8, 4) is 16.9 Å². The average molecular weight is 586 g/mol. The molecule has 0 bridgehead atoms. The molecular formula is C32H43N9O2. The molecule has 3 fully saturated rings. The topological polar surface area (TPSA) is 107 Å². The number of aromatic amines is 1. The van der Waals surface area contributed by atoms with Crippen molar-refractivity contribution < 1.29 is 9.53 Å². The fraction of sp³-hybridized carbons (Fsp3) is 0.562. The van der Waals surface area contributed by atoms with E-state index in [1.807, 2.05) is 30.0 Å². The van der Waals surface area contributed by atoms with Crippen LogP contribution in [0.3, 0.4) is 0 Å². The molecule has 2 aliphatic heterocycles. The van der Waals surface area contributed by atoms with Gasteiger partial charge in [0.25, 0.3) is 0 Å². The third-order valence-corrected chi connectivity index (χ3v) is 9.53. The van der Waals surface area contributed by atoms with Gasteiger partial charge in [0.1, 0.15) is 11.6 Å². The number of H-pyrrole nitrogens is 1. The van der Waals surface area contributed by atoms with E-state index in [4.69, 9.17) is 9.72 Å². The van der Waals surface area contributed by atoms with Gasteiger partial charge in [-0.2, -0.15) is 5.10 Å². The molecule has 1 amide bonds. The minimum absolute atomic E-state index is 0.180. The summed E-state index contributed by atoms with van der Waals surface area (Å²) >= 11 is 0. The molecule has 2 N–H and O–H groups in total. The third kappa shape index (κ3) is 5.92. The first-order valence-electron chi connectivity index (χ1n) is 16.0. The Kier molecular flexibility index (Phi) is 7.69. The number of anilines is 1. The normalized spacial score (nSPS) is 19.7. The summed E-state index contributed by atoms with van der Waals surface area (Å²) in [5.41, 5.74) is 3.55. The maximum Gasteiger partial charge on any atom is 0.220 e. The Morgan fingerprint density at radius 1 is 1.07 bits per heavy atom. The molecule has 6 heterocycles. The molecule has 0 atom stereocenters. The predicted molar refractivity (Wildman–Crippen MR) is 167 cm³/mol. The number of ether oxygens (including phenoxy) is 1. The summed E-state index contributed by atoms with van der Waals surface area (Å²) in [4.78, 5) is 25.4. The second kappa shape index (κ2) is 11.8. The smallest absolute Gasteiger partial charge is 0.220 e. The Labute approximate surface area is 252 Å². The number of carbonyl (C=O) groups is 1. The van der Waals surface area contributed by atoms with Crippen LogP contribution in [-0.2, 0) is 4.79 Å². The number of piperazine rings is 1. The summed E-state index contributed by atoms with van der Waals surface area (Å²) in [6.45, 7) is 12.9. The molecule has 11 nitrogen and oxygen atoms in total. The number of carbonyl (C=O) groups excluding carboxylic acids is 1. The maximum absolute atomic E-state index is 13.0. The molecule has 3 aliphatic rings. The summed E-state index contributed by atoms with van der Waals surface area (Å²) < 4.78 is 7.72. The molecular weight excluding hydrogens is 542 g/mol. The van der Waals surface area contributed by atoms with Crippen molar-refractivity contribution in [3.05, 3.63) is 36.8 Å².